The van der Waals surface area contributed by atoms with Gasteiger partial charge in [-0.3, -0.25) is 8.98 Å². The molecule has 47 heavy (non-hydrogen) atoms. The van der Waals surface area contributed by atoms with E-state index in [4.69, 9.17) is 51.6 Å². The Morgan fingerprint density at radius 2 is 0.745 bits per heavy atom. The summed E-state index contributed by atoms with van der Waals surface area (Å²) in [7, 11) is -2.43. The predicted molar refractivity (Wildman–Crippen MR) is 169 cm³/mol. The average molecular weight is 699 g/mol. The maximum Gasteiger partial charge on any atom is 0.307 e. The zero-order valence-corrected chi connectivity index (χ0v) is 28.7. The van der Waals surface area contributed by atoms with Crippen molar-refractivity contribution >= 4 is 16.1 Å². The normalized spacial score (nSPS) is 11.7. The van der Waals surface area contributed by atoms with Gasteiger partial charge in [0, 0.05) is 0 Å². The number of benzene rings is 1. The molecule has 0 radical (unpaired) electrons. The van der Waals surface area contributed by atoms with Gasteiger partial charge < -0.3 is 52.1 Å². The molecule has 0 aliphatic carbocycles. The Morgan fingerprint density at radius 1 is 0.468 bits per heavy atom. The number of esters is 1. The molecule has 1 aromatic rings. The Kier molecular flexibility index (Phi) is 28.9. The first-order valence-electron chi connectivity index (χ1n) is 15.8. The third-order valence-electron chi connectivity index (χ3n) is 5.80. The third kappa shape index (κ3) is 27.8. The van der Waals surface area contributed by atoms with E-state index in [-0.39, 0.29) is 30.5 Å². The van der Waals surface area contributed by atoms with Crippen LogP contribution in [0.3, 0.4) is 0 Å². The summed E-state index contributed by atoms with van der Waals surface area (Å²) >= 11 is 0. The van der Waals surface area contributed by atoms with Gasteiger partial charge in [0.05, 0.1) is 157 Å². The van der Waals surface area contributed by atoms with Crippen molar-refractivity contribution in [1.82, 2.24) is 0 Å². The number of carbonyl (C=O) groups excluding carboxylic acids is 1. The van der Waals surface area contributed by atoms with E-state index < -0.39 is 10.1 Å². The number of hydrogen-bond donors (Lipinski definition) is 0. The van der Waals surface area contributed by atoms with Crippen LogP contribution in [0.25, 0.3) is 0 Å². The second-order valence-corrected chi connectivity index (χ2v) is 11.2. The first-order valence-corrected chi connectivity index (χ1v) is 17.2. The molecule has 0 saturated heterocycles. The van der Waals surface area contributed by atoms with E-state index in [1.54, 1.807) is 12.1 Å². The fourth-order valence-corrected chi connectivity index (χ4v) is 4.21. The highest BCUT2D eigenvalue weighted by Crippen LogP contribution is 2.12. The second kappa shape index (κ2) is 31.5. The molecule has 0 amide bonds. The molecule has 0 unspecified atom stereocenters. The lowest BCUT2D eigenvalue weighted by Gasteiger charge is -2.09. The van der Waals surface area contributed by atoms with Gasteiger partial charge in [0.2, 0.25) is 0 Å². The lowest BCUT2D eigenvalue weighted by atomic mass is 10.2. The molecule has 15 nitrogen and oxygen atoms in total. The molecule has 0 spiro atoms. The zero-order valence-electron chi connectivity index (χ0n) is 27.9. The Labute approximate surface area is 279 Å². The first-order chi connectivity index (χ1) is 23.0. The summed E-state index contributed by atoms with van der Waals surface area (Å²) in [5, 5.41) is 0. The SMILES string of the molecule is COC(=O)CCOCCOCCOCCOCCOCCOCCOCCOCCOCCOCCOS(=O)(=O)c1ccc(C)cc1. The van der Waals surface area contributed by atoms with E-state index in [1.807, 2.05) is 6.92 Å². The van der Waals surface area contributed by atoms with Gasteiger partial charge in [-0.25, -0.2) is 0 Å². The number of ether oxygens (including phenoxy) is 11. The van der Waals surface area contributed by atoms with Gasteiger partial charge in [-0.2, -0.15) is 8.42 Å². The summed E-state index contributed by atoms with van der Waals surface area (Å²) in [6.07, 6.45) is 0.237. The van der Waals surface area contributed by atoms with Crippen LogP contribution in [0.2, 0.25) is 0 Å². The van der Waals surface area contributed by atoms with Crippen LogP contribution in [0.4, 0.5) is 0 Å². The van der Waals surface area contributed by atoms with Crippen molar-refractivity contribution in [3.63, 3.8) is 0 Å². The predicted octanol–water partition coefficient (Wildman–Crippen LogP) is 1.43. The van der Waals surface area contributed by atoms with Crippen molar-refractivity contribution in [2.75, 3.05) is 146 Å². The molecule has 0 aromatic heterocycles. The Balaban J connectivity index is 1.68. The number of hydrogen-bond acceptors (Lipinski definition) is 15. The maximum absolute atomic E-state index is 12.1. The zero-order chi connectivity index (χ0) is 34.1. The molecule has 0 bridgehead atoms. The summed E-state index contributed by atoms with van der Waals surface area (Å²) in [6.45, 7) is 10.3. The standard InChI is InChI=1S/C31H54O15S/c1-29-3-5-30(6-4-29)47(33,34)46-28-27-45-26-25-44-24-23-43-22-21-42-20-19-41-18-17-40-16-15-39-14-13-38-12-11-37-10-9-36-8-7-31(32)35-2/h3-6H,7-28H2,1-2H3. The molecule has 0 aliphatic rings. The van der Waals surface area contributed by atoms with Crippen molar-refractivity contribution in [3.8, 4) is 0 Å². The van der Waals surface area contributed by atoms with Crippen LogP contribution in [-0.4, -0.2) is 160 Å². The fraction of sp³-hybridized carbons (Fsp3) is 0.774. The number of methoxy groups -OCH3 is 1. The first kappa shape index (κ1) is 43.2. The molecule has 1 rings (SSSR count). The van der Waals surface area contributed by atoms with E-state index in [0.29, 0.717) is 126 Å². The Morgan fingerprint density at radius 3 is 1.04 bits per heavy atom. The summed E-state index contributed by atoms with van der Waals surface area (Å²) in [4.78, 5) is 11.0. The minimum Gasteiger partial charge on any atom is -0.469 e. The number of aryl methyl sites for hydroxylation is 1. The van der Waals surface area contributed by atoms with E-state index in [1.165, 1.54) is 19.2 Å². The lowest BCUT2D eigenvalue weighted by Crippen LogP contribution is -2.16. The minimum absolute atomic E-state index is 0.0635. The third-order valence-corrected chi connectivity index (χ3v) is 7.13. The Hall–Kier alpha value is -1.80. The molecule has 1 aromatic carbocycles. The van der Waals surface area contributed by atoms with E-state index >= 15 is 0 Å². The van der Waals surface area contributed by atoms with Crippen molar-refractivity contribution in [2.45, 2.75) is 18.2 Å². The van der Waals surface area contributed by atoms with Crippen molar-refractivity contribution < 1.29 is 69.5 Å². The molecule has 0 saturated carbocycles. The summed E-state index contributed by atoms with van der Waals surface area (Å²) in [5.41, 5.74) is 0.972. The quantitative estimate of drug-likeness (QED) is 0.0568. The van der Waals surface area contributed by atoms with Gasteiger partial charge in [-0.05, 0) is 19.1 Å². The van der Waals surface area contributed by atoms with Gasteiger partial charge in [-0.15, -0.1) is 0 Å². The van der Waals surface area contributed by atoms with Gasteiger partial charge >= 0.3 is 5.97 Å². The molecule has 0 fully saturated rings. The van der Waals surface area contributed by atoms with Crippen LogP contribution in [0.1, 0.15) is 12.0 Å². The van der Waals surface area contributed by atoms with Crippen LogP contribution in [-0.2, 0) is 71.2 Å². The van der Waals surface area contributed by atoms with E-state index in [9.17, 15) is 13.2 Å². The highest BCUT2D eigenvalue weighted by molar-refractivity contribution is 7.86. The summed E-state index contributed by atoms with van der Waals surface area (Å²) in [6, 6.07) is 6.47. The van der Waals surface area contributed by atoms with Gasteiger partial charge in [0.25, 0.3) is 10.1 Å². The molecule has 0 heterocycles. The second-order valence-electron chi connectivity index (χ2n) is 9.54. The van der Waals surface area contributed by atoms with Crippen molar-refractivity contribution in [1.29, 1.82) is 0 Å². The maximum atomic E-state index is 12.1. The highest BCUT2D eigenvalue weighted by atomic mass is 32.2. The average Bonchev–Trinajstić information content (AvgIpc) is 3.06. The summed E-state index contributed by atoms with van der Waals surface area (Å²) in [5.74, 6) is -0.293. The molecule has 274 valence electrons. The van der Waals surface area contributed by atoms with Gasteiger partial charge in [0.15, 0.2) is 0 Å². The largest absolute Gasteiger partial charge is 0.469 e. The van der Waals surface area contributed by atoms with Gasteiger partial charge in [0.1, 0.15) is 0 Å². The molecule has 0 atom stereocenters. The fourth-order valence-electron chi connectivity index (χ4n) is 3.31. The van der Waals surface area contributed by atoms with E-state index in [2.05, 4.69) is 4.74 Å². The number of carbonyl (C=O) groups is 1. The van der Waals surface area contributed by atoms with Crippen LogP contribution < -0.4 is 0 Å². The molecular weight excluding hydrogens is 644 g/mol. The molecule has 0 N–H and O–H groups in total. The molecule has 0 aliphatic heterocycles. The summed E-state index contributed by atoms with van der Waals surface area (Å²) < 4.78 is 87.6. The van der Waals surface area contributed by atoms with Crippen LogP contribution in [0, 0.1) is 6.92 Å². The lowest BCUT2D eigenvalue weighted by molar-refractivity contribution is -0.141. The number of rotatable bonds is 35. The van der Waals surface area contributed by atoms with Crippen molar-refractivity contribution in [3.05, 3.63) is 29.8 Å². The smallest absolute Gasteiger partial charge is 0.307 e. The van der Waals surface area contributed by atoms with Crippen LogP contribution >= 0.6 is 0 Å². The van der Waals surface area contributed by atoms with Crippen LogP contribution in [0.5, 0.6) is 0 Å². The van der Waals surface area contributed by atoms with Gasteiger partial charge in [-0.1, -0.05) is 17.7 Å². The highest BCUT2D eigenvalue weighted by Gasteiger charge is 2.14. The van der Waals surface area contributed by atoms with E-state index in [0.717, 1.165) is 5.56 Å². The monoisotopic (exact) mass is 698 g/mol. The minimum atomic E-state index is -3.78. The Bertz CT molecular complexity index is 947. The topological polar surface area (TPSA) is 162 Å². The van der Waals surface area contributed by atoms with Crippen LogP contribution in [0.15, 0.2) is 29.2 Å². The van der Waals surface area contributed by atoms with Crippen molar-refractivity contribution in [2.24, 2.45) is 0 Å². The molecule has 16 heteroatoms. The molecular formula is C31H54O15S.